The molecule has 0 saturated heterocycles. The van der Waals surface area contributed by atoms with E-state index in [1.165, 1.54) is 0 Å². The van der Waals surface area contributed by atoms with Crippen molar-refractivity contribution in [3.63, 3.8) is 0 Å². The first-order valence-electron chi connectivity index (χ1n) is 6.76. The number of hydrogen-bond donors (Lipinski definition) is 0. The van der Waals surface area contributed by atoms with Crippen LogP contribution in [0.2, 0.25) is 5.15 Å². The zero-order valence-electron chi connectivity index (χ0n) is 12.4. The number of ether oxygens (including phenoxy) is 1. The van der Waals surface area contributed by atoms with Gasteiger partial charge in [0.1, 0.15) is 0 Å². The van der Waals surface area contributed by atoms with Crippen molar-refractivity contribution in [3.8, 4) is 0 Å². The third-order valence-electron chi connectivity index (χ3n) is 4.33. The number of nitrogens with zero attached hydrogens (tertiary/aromatic N) is 3. The number of fused-ring (bicyclic) bond motifs is 2. The number of hydrogen-bond acceptors (Lipinski definition) is 4. The fraction of sp³-hybridized carbons (Fsp3) is 0.400. The maximum absolute atomic E-state index is 12.6. The maximum atomic E-state index is 12.6. The summed E-state index contributed by atoms with van der Waals surface area (Å²) in [4.78, 5) is 14.3. The van der Waals surface area contributed by atoms with Gasteiger partial charge in [0.2, 0.25) is 0 Å². The highest BCUT2D eigenvalue weighted by Gasteiger charge is 2.49. The molecule has 0 radical (unpaired) electrons. The number of aromatic nitrogens is 2. The number of anilines is 1. The number of aryl methyl sites for hydroxylation is 1. The third-order valence-corrected chi connectivity index (χ3v) is 4.61. The number of carbonyl (C=O) groups is 1. The number of carbonyl (C=O) groups excluding carboxylic acids is 1. The van der Waals surface area contributed by atoms with Crippen LogP contribution in [-0.4, -0.2) is 30.3 Å². The van der Waals surface area contributed by atoms with Crippen LogP contribution in [0.15, 0.2) is 12.1 Å². The zero-order valence-corrected chi connectivity index (χ0v) is 13.2. The minimum atomic E-state index is -0.946. The topological polar surface area (TPSA) is 55.3 Å². The average molecular weight is 306 g/mol. The summed E-state index contributed by atoms with van der Waals surface area (Å²) in [6.45, 7) is 3.81. The van der Waals surface area contributed by atoms with E-state index in [1.54, 1.807) is 19.1 Å². The summed E-state index contributed by atoms with van der Waals surface area (Å²) in [5, 5.41) is 10.0. The Morgan fingerprint density at radius 3 is 2.67 bits per heavy atom. The second-order valence-corrected chi connectivity index (χ2v) is 5.60. The Hall–Kier alpha value is -1.72. The van der Waals surface area contributed by atoms with Gasteiger partial charge in [-0.3, -0.25) is 4.79 Å². The number of amides is 1. The van der Waals surface area contributed by atoms with Gasteiger partial charge in [0.25, 0.3) is 5.91 Å². The fourth-order valence-corrected chi connectivity index (χ4v) is 3.26. The Labute approximate surface area is 127 Å². The molecule has 1 atom stereocenters. The standard InChI is InChI=1S/C15H16ClN3O2/c1-5-15(21-4)11-6-10-9(8(2)17-18-13(10)16)7-12(11)19(3)14(15)20/h6-7H,5H2,1-4H3. The summed E-state index contributed by atoms with van der Waals surface area (Å²) in [7, 11) is 3.32. The van der Waals surface area contributed by atoms with Gasteiger partial charge in [-0.2, -0.15) is 5.10 Å². The molecule has 3 rings (SSSR count). The van der Waals surface area contributed by atoms with Gasteiger partial charge >= 0.3 is 0 Å². The molecule has 1 aromatic carbocycles. The van der Waals surface area contributed by atoms with Crippen molar-refractivity contribution in [1.82, 2.24) is 10.2 Å². The summed E-state index contributed by atoms with van der Waals surface area (Å²) in [5.41, 5.74) is 1.51. The van der Waals surface area contributed by atoms with E-state index in [0.29, 0.717) is 11.6 Å². The van der Waals surface area contributed by atoms with Crippen LogP contribution in [0.5, 0.6) is 0 Å². The molecule has 0 spiro atoms. The van der Waals surface area contributed by atoms with Crippen LogP contribution in [0.3, 0.4) is 0 Å². The van der Waals surface area contributed by atoms with E-state index in [1.807, 2.05) is 26.0 Å². The van der Waals surface area contributed by atoms with Crippen molar-refractivity contribution in [2.75, 3.05) is 19.1 Å². The smallest absolute Gasteiger partial charge is 0.263 e. The molecular weight excluding hydrogens is 290 g/mol. The van der Waals surface area contributed by atoms with E-state index in [4.69, 9.17) is 16.3 Å². The Balaban J connectivity index is 2.41. The van der Waals surface area contributed by atoms with Crippen molar-refractivity contribution in [2.45, 2.75) is 25.9 Å². The molecule has 0 aliphatic carbocycles. The minimum Gasteiger partial charge on any atom is -0.364 e. The maximum Gasteiger partial charge on any atom is 0.263 e. The van der Waals surface area contributed by atoms with Gasteiger partial charge in [-0.15, -0.1) is 5.10 Å². The van der Waals surface area contributed by atoms with Gasteiger partial charge in [0, 0.05) is 30.5 Å². The van der Waals surface area contributed by atoms with E-state index in [9.17, 15) is 4.79 Å². The van der Waals surface area contributed by atoms with Gasteiger partial charge in [-0.05, 0) is 25.5 Å². The molecule has 2 aromatic rings. The molecule has 1 aliphatic heterocycles. The average Bonchev–Trinajstić information content (AvgIpc) is 2.71. The highest BCUT2D eigenvalue weighted by atomic mass is 35.5. The van der Waals surface area contributed by atoms with Crippen LogP contribution in [-0.2, 0) is 15.1 Å². The van der Waals surface area contributed by atoms with E-state index in [0.717, 1.165) is 27.7 Å². The van der Waals surface area contributed by atoms with Gasteiger partial charge < -0.3 is 9.64 Å². The van der Waals surface area contributed by atoms with E-state index >= 15 is 0 Å². The summed E-state index contributed by atoms with van der Waals surface area (Å²) in [5.74, 6) is -0.0625. The zero-order chi connectivity index (χ0) is 15.4. The minimum absolute atomic E-state index is 0.0625. The first kappa shape index (κ1) is 14.2. The Morgan fingerprint density at radius 1 is 1.33 bits per heavy atom. The van der Waals surface area contributed by atoms with Crippen LogP contribution >= 0.6 is 11.6 Å². The van der Waals surface area contributed by atoms with E-state index in [-0.39, 0.29) is 5.91 Å². The van der Waals surface area contributed by atoms with Crippen LogP contribution in [0.4, 0.5) is 5.69 Å². The number of likely N-dealkylation sites (N-methyl/N-ethyl adjacent to an activating group) is 1. The van der Waals surface area contributed by atoms with E-state index in [2.05, 4.69) is 10.2 Å². The van der Waals surface area contributed by atoms with Crippen molar-refractivity contribution in [2.24, 2.45) is 0 Å². The second kappa shape index (κ2) is 4.64. The molecule has 5 nitrogen and oxygen atoms in total. The predicted octanol–water partition coefficient (Wildman–Crippen LogP) is 2.82. The lowest BCUT2D eigenvalue weighted by Gasteiger charge is -2.25. The Bertz CT molecular complexity index is 756. The number of methoxy groups -OCH3 is 1. The molecule has 21 heavy (non-hydrogen) atoms. The molecule has 1 aromatic heterocycles. The van der Waals surface area contributed by atoms with Crippen molar-refractivity contribution in [3.05, 3.63) is 28.5 Å². The monoisotopic (exact) mass is 305 g/mol. The largest absolute Gasteiger partial charge is 0.364 e. The summed E-state index contributed by atoms with van der Waals surface area (Å²) < 4.78 is 5.61. The molecule has 1 aliphatic rings. The highest BCUT2D eigenvalue weighted by Crippen LogP contribution is 2.46. The van der Waals surface area contributed by atoms with Gasteiger partial charge in [0.15, 0.2) is 10.8 Å². The fourth-order valence-electron chi connectivity index (χ4n) is 3.06. The molecule has 110 valence electrons. The van der Waals surface area contributed by atoms with Crippen LogP contribution < -0.4 is 4.90 Å². The molecule has 1 unspecified atom stereocenters. The van der Waals surface area contributed by atoms with Crippen LogP contribution in [0.25, 0.3) is 10.8 Å². The lowest BCUT2D eigenvalue weighted by molar-refractivity contribution is -0.140. The van der Waals surface area contributed by atoms with Gasteiger partial charge in [-0.25, -0.2) is 0 Å². The third kappa shape index (κ3) is 1.71. The molecule has 1 amide bonds. The SMILES string of the molecule is CCC1(OC)C(=O)N(C)c2cc3c(C)nnc(Cl)c3cc21. The van der Waals surface area contributed by atoms with Crippen molar-refractivity contribution >= 4 is 34.0 Å². The highest BCUT2D eigenvalue weighted by molar-refractivity contribution is 6.34. The molecular formula is C15H16ClN3O2. The molecule has 0 bridgehead atoms. The molecule has 2 heterocycles. The van der Waals surface area contributed by atoms with Crippen molar-refractivity contribution in [1.29, 1.82) is 0 Å². The lowest BCUT2D eigenvalue weighted by Crippen LogP contribution is -2.39. The first-order valence-corrected chi connectivity index (χ1v) is 7.14. The first-order chi connectivity index (χ1) is 9.96. The molecule has 0 fully saturated rings. The lowest BCUT2D eigenvalue weighted by atomic mass is 9.91. The quantitative estimate of drug-likeness (QED) is 0.856. The Kier molecular flexibility index (Phi) is 3.15. The normalized spacial score (nSPS) is 21.2. The summed E-state index contributed by atoms with van der Waals surface area (Å²) in [6, 6.07) is 3.85. The van der Waals surface area contributed by atoms with E-state index < -0.39 is 5.60 Å². The molecule has 0 N–H and O–H groups in total. The second-order valence-electron chi connectivity index (χ2n) is 5.24. The van der Waals surface area contributed by atoms with Gasteiger partial charge in [-0.1, -0.05) is 18.5 Å². The molecule has 0 saturated carbocycles. The van der Waals surface area contributed by atoms with Crippen molar-refractivity contribution < 1.29 is 9.53 Å². The van der Waals surface area contributed by atoms with Gasteiger partial charge in [0.05, 0.1) is 11.4 Å². The summed E-state index contributed by atoms with van der Waals surface area (Å²) >= 11 is 6.17. The molecule has 6 heteroatoms. The van der Waals surface area contributed by atoms with Crippen LogP contribution in [0.1, 0.15) is 24.6 Å². The predicted molar refractivity (Wildman–Crippen MR) is 81.7 cm³/mol. The Morgan fingerprint density at radius 2 is 2.05 bits per heavy atom. The summed E-state index contributed by atoms with van der Waals surface area (Å²) in [6.07, 6.45) is 0.556. The number of benzene rings is 1. The van der Waals surface area contributed by atoms with Crippen LogP contribution in [0, 0.1) is 6.92 Å². The number of halogens is 1. The number of rotatable bonds is 2.